The number of nitrogens with one attached hydrogen (secondary N) is 1. The largest absolute Gasteiger partial charge is 0.419 e. The number of halogens is 4. The molecule has 1 atom stereocenters. The monoisotopic (exact) mass is 313 g/mol. The minimum atomic E-state index is -4.77. The first-order chi connectivity index (χ1) is 9.04. The lowest BCUT2D eigenvalue weighted by Gasteiger charge is -2.18. The molecule has 0 aromatic heterocycles. The van der Waals surface area contributed by atoms with Crippen molar-refractivity contribution in [1.82, 2.24) is 5.32 Å². The summed E-state index contributed by atoms with van der Waals surface area (Å²) in [6, 6.07) is 1.69. The molecule has 8 heteroatoms. The number of alkyl halides is 3. The predicted octanol–water partition coefficient (Wildman–Crippen LogP) is 2.54. The molecule has 1 rings (SSSR count). The second-order valence-electron chi connectivity index (χ2n) is 4.44. The maximum Gasteiger partial charge on any atom is 0.419 e. The van der Waals surface area contributed by atoms with Gasteiger partial charge in [-0.25, -0.2) is 12.8 Å². The molecule has 0 fully saturated rings. The number of hydrogen-bond acceptors (Lipinski definition) is 3. The zero-order chi connectivity index (χ0) is 15.6. The highest BCUT2D eigenvalue weighted by Crippen LogP contribution is 2.32. The molecule has 0 saturated heterocycles. The Balaban J connectivity index is 3.13. The normalized spacial score (nSPS) is 14.3. The van der Waals surface area contributed by atoms with E-state index in [2.05, 4.69) is 5.32 Å². The molecule has 1 aromatic rings. The van der Waals surface area contributed by atoms with E-state index in [-0.39, 0.29) is 11.3 Å². The van der Waals surface area contributed by atoms with Crippen molar-refractivity contribution in [2.75, 3.05) is 18.6 Å². The Kier molecular flexibility index (Phi) is 5.15. The smallest absolute Gasteiger partial charge is 0.309 e. The van der Waals surface area contributed by atoms with Gasteiger partial charge in [0.1, 0.15) is 15.7 Å². The standard InChI is InChI=1S/C12H15F4NO2S/c1-3-17-11(7-20(2,18)19)8-4-5-9(10(13)6-8)12(14,15)16/h4-6,11,17H,3,7H2,1-2H3. The summed E-state index contributed by atoms with van der Waals surface area (Å²) in [5.41, 5.74) is -1.20. The Morgan fingerprint density at radius 2 is 1.90 bits per heavy atom. The number of rotatable bonds is 5. The Hall–Kier alpha value is -1.15. The molecule has 3 nitrogen and oxygen atoms in total. The van der Waals surface area contributed by atoms with E-state index in [4.69, 9.17) is 0 Å². The van der Waals surface area contributed by atoms with Crippen LogP contribution < -0.4 is 5.32 Å². The molecule has 0 aliphatic heterocycles. The van der Waals surface area contributed by atoms with Crippen LogP contribution in [0.1, 0.15) is 24.1 Å². The van der Waals surface area contributed by atoms with Gasteiger partial charge in [-0.05, 0) is 24.2 Å². The summed E-state index contributed by atoms with van der Waals surface area (Å²) >= 11 is 0. The van der Waals surface area contributed by atoms with E-state index in [0.717, 1.165) is 18.4 Å². The van der Waals surface area contributed by atoms with Gasteiger partial charge < -0.3 is 5.32 Å². The van der Waals surface area contributed by atoms with E-state index < -0.39 is 33.4 Å². The molecule has 0 heterocycles. The van der Waals surface area contributed by atoms with Gasteiger partial charge in [-0.1, -0.05) is 13.0 Å². The number of sulfone groups is 1. The fraction of sp³-hybridized carbons (Fsp3) is 0.500. The predicted molar refractivity (Wildman–Crippen MR) is 67.5 cm³/mol. The van der Waals surface area contributed by atoms with Crippen LogP contribution in [-0.2, 0) is 16.0 Å². The maximum absolute atomic E-state index is 13.5. The van der Waals surface area contributed by atoms with Crippen molar-refractivity contribution in [3.05, 3.63) is 35.1 Å². The van der Waals surface area contributed by atoms with Gasteiger partial charge in [-0.2, -0.15) is 13.2 Å². The molecular formula is C12H15F4NO2S. The molecular weight excluding hydrogens is 298 g/mol. The van der Waals surface area contributed by atoms with Crippen molar-refractivity contribution in [1.29, 1.82) is 0 Å². The van der Waals surface area contributed by atoms with Crippen molar-refractivity contribution in [2.24, 2.45) is 0 Å². The zero-order valence-corrected chi connectivity index (χ0v) is 11.8. The van der Waals surface area contributed by atoms with Gasteiger partial charge in [0.25, 0.3) is 0 Å². The average Bonchev–Trinajstić information content (AvgIpc) is 2.24. The third-order valence-corrected chi connectivity index (χ3v) is 3.56. The van der Waals surface area contributed by atoms with Crippen LogP contribution >= 0.6 is 0 Å². The fourth-order valence-corrected chi connectivity index (χ4v) is 2.72. The Morgan fingerprint density at radius 1 is 1.30 bits per heavy atom. The molecule has 20 heavy (non-hydrogen) atoms. The van der Waals surface area contributed by atoms with Crippen LogP contribution in [0.15, 0.2) is 18.2 Å². The van der Waals surface area contributed by atoms with Crippen molar-refractivity contribution in [3.63, 3.8) is 0 Å². The molecule has 1 N–H and O–H groups in total. The van der Waals surface area contributed by atoms with Crippen molar-refractivity contribution in [3.8, 4) is 0 Å². The highest BCUT2D eigenvalue weighted by molar-refractivity contribution is 7.90. The van der Waals surface area contributed by atoms with Crippen LogP contribution in [0.5, 0.6) is 0 Å². The van der Waals surface area contributed by atoms with Crippen LogP contribution in [0, 0.1) is 5.82 Å². The Labute approximate surface area is 114 Å². The summed E-state index contributed by atoms with van der Waals surface area (Å²) in [7, 11) is -3.35. The second kappa shape index (κ2) is 6.09. The third-order valence-electron chi connectivity index (χ3n) is 2.62. The van der Waals surface area contributed by atoms with Gasteiger partial charge in [-0.15, -0.1) is 0 Å². The van der Waals surface area contributed by atoms with E-state index >= 15 is 0 Å². The number of benzene rings is 1. The van der Waals surface area contributed by atoms with Crippen LogP contribution in [0.3, 0.4) is 0 Å². The van der Waals surface area contributed by atoms with Crippen LogP contribution in [-0.4, -0.2) is 27.0 Å². The second-order valence-corrected chi connectivity index (χ2v) is 6.62. The molecule has 1 unspecified atom stereocenters. The summed E-state index contributed by atoms with van der Waals surface area (Å²) in [6.45, 7) is 2.12. The van der Waals surface area contributed by atoms with Gasteiger partial charge in [0, 0.05) is 12.3 Å². The average molecular weight is 313 g/mol. The quantitative estimate of drug-likeness (QED) is 0.850. The summed E-state index contributed by atoms with van der Waals surface area (Å²) in [5.74, 6) is -1.72. The van der Waals surface area contributed by atoms with Gasteiger partial charge in [0.2, 0.25) is 0 Å². The lowest BCUT2D eigenvalue weighted by molar-refractivity contribution is -0.140. The molecule has 0 aliphatic carbocycles. The van der Waals surface area contributed by atoms with E-state index in [9.17, 15) is 26.0 Å². The van der Waals surface area contributed by atoms with Crippen molar-refractivity contribution >= 4 is 9.84 Å². The fourth-order valence-electron chi connectivity index (χ4n) is 1.80. The first-order valence-electron chi connectivity index (χ1n) is 5.82. The van der Waals surface area contributed by atoms with E-state index in [1.54, 1.807) is 6.92 Å². The summed E-state index contributed by atoms with van der Waals surface area (Å²) in [6.07, 6.45) is -3.76. The third kappa shape index (κ3) is 4.75. The summed E-state index contributed by atoms with van der Waals surface area (Å²) in [4.78, 5) is 0. The van der Waals surface area contributed by atoms with E-state index in [1.807, 2.05) is 0 Å². The van der Waals surface area contributed by atoms with Gasteiger partial charge in [0.15, 0.2) is 0 Å². The molecule has 114 valence electrons. The van der Waals surface area contributed by atoms with E-state index in [1.165, 1.54) is 0 Å². The van der Waals surface area contributed by atoms with E-state index in [0.29, 0.717) is 12.6 Å². The molecule has 0 amide bonds. The molecule has 0 saturated carbocycles. The van der Waals surface area contributed by atoms with Crippen LogP contribution in [0.25, 0.3) is 0 Å². The van der Waals surface area contributed by atoms with Gasteiger partial charge in [-0.3, -0.25) is 0 Å². The Bertz CT molecular complexity index is 569. The lowest BCUT2D eigenvalue weighted by atomic mass is 10.0. The molecule has 0 radical (unpaired) electrons. The first-order valence-corrected chi connectivity index (χ1v) is 7.88. The van der Waals surface area contributed by atoms with Gasteiger partial charge >= 0.3 is 6.18 Å². The summed E-state index contributed by atoms with van der Waals surface area (Å²) < 4.78 is 73.4. The highest BCUT2D eigenvalue weighted by Gasteiger charge is 2.34. The molecule has 0 aliphatic rings. The van der Waals surface area contributed by atoms with Crippen LogP contribution in [0.2, 0.25) is 0 Å². The minimum absolute atomic E-state index is 0.169. The van der Waals surface area contributed by atoms with Gasteiger partial charge in [0.05, 0.1) is 11.3 Å². The topological polar surface area (TPSA) is 46.2 Å². The maximum atomic E-state index is 13.5. The molecule has 0 spiro atoms. The minimum Gasteiger partial charge on any atom is -0.309 e. The highest BCUT2D eigenvalue weighted by atomic mass is 32.2. The Morgan fingerprint density at radius 3 is 2.30 bits per heavy atom. The lowest BCUT2D eigenvalue weighted by Crippen LogP contribution is -2.28. The van der Waals surface area contributed by atoms with Crippen molar-refractivity contribution < 1.29 is 26.0 Å². The van der Waals surface area contributed by atoms with Crippen molar-refractivity contribution in [2.45, 2.75) is 19.1 Å². The zero-order valence-electron chi connectivity index (χ0n) is 11.0. The number of hydrogen-bond donors (Lipinski definition) is 1. The molecule has 0 bridgehead atoms. The molecule has 1 aromatic carbocycles. The van der Waals surface area contributed by atoms with Crippen LogP contribution in [0.4, 0.5) is 17.6 Å². The summed E-state index contributed by atoms with van der Waals surface area (Å²) in [5, 5.41) is 2.81. The first kappa shape index (κ1) is 16.9. The SMILES string of the molecule is CCNC(CS(C)(=O)=O)c1ccc(C(F)(F)F)c(F)c1.